The van der Waals surface area contributed by atoms with E-state index in [1.165, 1.54) is 36.4 Å². The Morgan fingerprint density at radius 1 is 1.27 bits per heavy atom. The van der Waals surface area contributed by atoms with Crippen LogP contribution in [0.4, 0.5) is 5.69 Å². The van der Waals surface area contributed by atoms with Gasteiger partial charge < -0.3 is 5.11 Å². The molecule has 0 aliphatic heterocycles. The van der Waals surface area contributed by atoms with E-state index in [9.17, 15) is 20.0 Å². The summed E-state index contributed by atoms with van der Waals surface area (Å²) in [6.07, 6.45) is 2.83. The number of nitrogens with zero attached hydrogens (tertiary/aromatic N) is 1. The molecule has 0 saturated heterocycles. The molecule has 0 aliphatic carbocycles. The van der Waals surface area contributed by atoms with Crippen molar-refractivity contribution in [1.82, 2.24) is 0 Å². The zero-order valence-electron chi connectivity index (χ0n) is 11.6. The number of phenolic OH excluding ortho intramolecular Hbond substituents is 1. The van der Waals surface area contributed by atoms with Gasteiger partial charge in [0.2, 0.25) is 0 Å². The van der Waals surface area contributed by atoms with Gasteiger partial charge in [0.05, 0.1) is 9.95 Å². The maximum absolute atomic E-state index is 12.1. The molecule has 0 spiro atoms. The number of aromatic hydroxyl groups is 1. The van der Waals surface area contributed by atoms with Crippen molar-refractivity contribution in [2.24, 2.45) is 0 Å². The summed E-state index contributed by atoms with van der Waals surface area (Å²) in [5, 5.41) is 20.4. The summed E-state index contributed by atoms with van der Waals surface area (Å²) in [6.45, 7) is 1.61. The highest BCUT2D eigenvalue weighted by Gasteiger charge is 2.13. The van der Waals surface area contributed by atoms with Gasteiger partial charge >= 0.3 is 0 Å². The van der Waals surface area contributed by atoms with Crippen LogP contribution in [0.2, 0.25) is 5.02 Å². The molecule has 0 saturated carbocycles. The van der Waals surface area contributed by atoms with Gasteiger partial charge in [0.15, 0.2) is 5.78 Å². The average Bonchev–Trinajstić information content (AvgIpc) is 2.48. The van der Waals surface area contributed by atoms with E-state index in [0.717, 1.165) is 0 Å². The summed E-state index contributed by atoms with van der Waals surface area (Å²) >= 11 is 5.78. The van der Waals surface area contributed by atoms with Gasteiger partial charge in [-0.25, -0.2) is 0 Å². The van der Waals surface area contributed by atoms with E-state index in [1.807, 2.05) is 0 Å². The van der Waals surface area contributed by atoms with Crippen molar-refractivity contribution in [3.63, 3.8) is 0 Å². The predicted molar refractivity (Wildman–Crippen MR) is 84.3 cm³/mol. The van der Waals surface area contributed by atoms with Crippen molar-refractivity contribution in [3.8, 4) is 5.75 Å². The molecular formula is C16H12ClNO4. The van der Waals surface area contributed by atoms with Gasteiger partial charge in [-0.2, -0.15) is 0 Å². The third-order valence-electron chi connectivity index (χ3n) is 3.09. The molecule has 2 aromatic carbocycles. The molecule has 0 aromatic heterocycles. The number of hydrogen-bond donors (Lipinski definition) is 1. The fourth-order valence-electron chi connectivity index (χ4n) is 1.85. The maximum atomic E-state index is 12.1. The highest BCUT2D eigenvalue weighted by atomic mass is 35.5. The van der Waals surface area contributed by atoms with Crippen LogP contribution in [0.15, 0.2) is 42.5 Å². The van der Waals surface area contributed by atoms with Crippen molar-refractivity contribution < 1.29 is 14.8 Å². The highest BCUT2D eigenvalue weighted by molar-refractivity contribution is 6.32. The summed E-state index contributed by atoms with van der Waals surface area (Å²) in [4.78, 5) is 22.4. The van der Waals surface area contributed by atoms with Crippen molar-refractivity contribution in [3.05, 3.63) is 74.3 Å². The predicted octanol–water partition coefficient (Wildman–Crippen LogP) is 4.16. The van der Waals surface area contributed by atoms with E-state index in [4.69, 9.17) is 11.6 Å². The van der Waals surface area contributed by atoms with E-state index in [-0.39, 0.29) is 27.8 Å². The molecular weight excluding hydrogens is 306 g/mol. The van der Waals surface area contributed by atoms with Crippen molar-refractivity contribution in [1.29, 1.82) is 0 Å². The molecule has 0 amide bonds. The van der Waals surface area contributed by atoms with Gasteiger partial charge in [0.25, 0.3) is 5.69 Å². The maximum Gasteiger partial charge on any atom is 0.273 e. The number of phenols is 1. The Morgan fingerprint density at radius 2 is 2.00 bits per heavy atom. The molecule has 0 unspecified atom stereocenters. The first kappa shape index (κ1) is 15.7. The lowest BCUT2D eigenvalue weighted by Crippen LogP contribution is -1.98. The van der Waals surface area contributed by atoms with E-state index in [0.29, 0.717) is 11.1 Å². The minimum absolute atomic E-state index is 0.0423. The monoisotopic (exact) mass is 317 g/mol. The van der Waals surface area contributed by atoms with Gasteiger partial charge in [0.1, 0.15) is 5.75 Å². The number of nitro benzene ring substituents is 1. The van der Waals surface area contributed by atoms with E-state index in [2.05, 4.69) is 0 Å². The number of ketones is 1. The normalized spacial score (nSPS) is 10.8. The zero-order chi connectivity index (χ0) is 16.3. The van der Waals surface area contributed by atoms with Crippen LogP contribution < -0.4 is 0 Å². The number of carbonyl (C=O) groups excluding carboxylic acids is 1. The standard InChI is InChI=1S/C16H12ClNO4/c1-10-2-5-12(9-14(10)18(21)22)15(19)6-3-11-4-7-16(20)13(17)8-11/h2-9,20H,1H3/b6-3+. The van der Waals surface area contributed by atoms with Crippen LogP contribution in [0, 0.1) is 17.0 Å². The minimum Gasteiger partial charge on any atom is -0.506 e. The summed E-state index contributed by atoms with van der Waals surface area (Å²) in [7, 11) is 0. The average molecular weight is 318 g/mol. The Bertz CT molecular complexity index is 784. The Labute approximate surface area is 131 Å². The minimum atomic E-state index is -0.518. The lowest BCUT2D eigenvalue weighted by molar-refractivity contribution is -0.385. The Kier molecular flexibility index (Phi) is 4.58. The number of halogens is 1. The lowest BCUT2D eigenvalue weighted by Gasteiger charge is -2.00. The smallest absolute Gasteiger partial charge is 0.273 e. The van der Waals surface area contributed by atoms with Gasteiger partial charge in [-0.3, -0.25) is 14.9 Å². The van der Waals surface area contributed by atoms with Crippen LogP contribution in [0.3, 0.4) is 0 Å². The molecule has 0 aliphatic rings. The molecule has 112 valence electrons. The zero-order valence-corrected chi connectivity index (χ0v) is 12.4. The number of aryl methyl sites for hydroxylation is 1. The first-order valence-electron chi connectivity index (χ1n) is 6.34. The molecule has 0 bridgehead atoms. The Morgan fingerprint density at radius 3 is 2.64 bits per heavy atom. The topological polar surface area (TPSA) is 80.4 Å². The molecule has 0 fully saturated rings. The molecule has 0 atom stereocenters. The fraction of sp³-hybridized carbons (Fsp3) is 0.0625. The molecule has 6 heteroatoms. The Hall–Kier alpha value is -2.66. The van der Waals surface area contributed by atoms with Crippen LogP contribution in [-0.4, -0.2) is 15.8 Å². The number of benzene rings is 2. The van der Waals surface area contributed by atoms with Crippen LogP contribution in [0.25, 0.3) is 6.08 Å². The van der Waals surface area contributed by atoms with E-state index < -0.39 is 4.92 Å². The van der Waals surface area contributed by atoms with Gasteiger partial charge in [0, 0.05) is 17.2 Å². The van der Waals surface area contributed by atoms with Crippen LogP contribution in [0.1, 0.15) is 21.5 Å². The SMILES string of the molecule is Cc1ccc(C(=O)/C=C/c2ccc(O)c(Cl)c2)cc1[N+](=O)[O-]. The Balaban J connectivity index is 2.25. The molecule has 5 nitrogen and oxygen atoms in total. The fourth-order valence-corrected chi connectivity index (χ4v) is 2.04. The van der Waals surface area contributed by atoms with E-state index >= 15 is 0 Å². The van der Waals surface area contributed by atoms with Gasteiger partial charge in [-0.1, -0.05) is 35.9 Å². The second kappa shape index (κ2) is 6.41. The summed E-state index contributed by atoms with van der Waals surface area (Å²) in [6, 6.07) is 8.87. The van der Waals surface area contributed by atoms with Gasteiger partial charge in [-0.05, 0) is 30.7 Å². The number of allylic oxidation sites excluding steroid dienone is 1. The second-order valence-electron chi connectivity index (χ2n) is 4.67. The third-order valence-corrected chi connectivity index (χ3v) is 3.39. The molecule has 2 aromatic rings. The number of carbonyl (C=O) groups is 1. The molecule has 1 N–H and O–H groups in total. The van der Waals surface area contributed by atoms with Crippen molar-refractivity contribution in [2.75, 3.05) is 0 Å². The molecule has 0 radical (unpaired) electrons. The summed E-state index contributed by atoms with van der Waals surface area (Å²) < 4.78 is 0. The van der Waals surface area contributed by atoms with Gasteiger partial charge in [-0.15, -0.1) is 0 Å². The highest BCUT2D eigenvalue weighted by Crippen LogP contribution is 2.24. The summed E-state index contributed by atoms with van der Waals surface area (Å²) in [5.41, 5.74) is 1.28. The first-order chi connectivity index (χ1) is 10.4. The van der Waals surface area contributed by atoms with E-state index in [1.54, 1.807) is 19.1 Å². The lowest BCUT2D eigenvalue weighted by atomic mass is 10.1. The molecule has 0 heterocycles. The largest absolute Gasteiger partial charge is 0.506 e. The first-order valence-corrected chi connectivity index (χ1v) is 6.72. The van der Waals surface area contributed by atoms with Crippen LogP contribution in [-0.2, 0) is 0 Å². The number of hydrogen-bond acceptors (Lipinski definition) is 4. The van der Waals surface area contributed by atoms with Crippen LogP contribution >= 0.6 is 11.6 Å². The molecule has 2 rings (SSSR count). The van der Waals surface area contributed by atoms with Crippen LogP contribution in [0.5, 0.6) is 5.75 Å². The number of nitro groups is 1. The second-order valence-corrected chi connectivity index (χ2v) is 5.07. The van der Waals surface area contributed by atoms with Crippen molar-refractivity contribution in [2.45, 2.75) is 6.92 Å². The van der Waals surface area contributed by atoms with Crippen molar-refractivity contribution >= 4 is 29.1 Å². The quantitative estimate of drug-likeness (QED) is 0.397. The molecule has 22 heavy (non-hydrogen) atoms. The number of rotatable bonds is 4. The summed E-state index contributed by atoms with van der Waals surface area (Å²) in [5.74, 6) is -0.397. The third kappa shape index (κ3) is 3.51.